The second-order valence-corrected chi connectivity index (χ2v) is 5.39. The highest BCUT2D eigenvalue weighted by atomic mass is 16.3. The van der Waals surface area contributed by atoms with Crippen LogP contribution in [0.25, 0.3) is 0 Å². The first-order valence-electron chi connectivity index (χ1n) is 7.10. The fraction of sp³-hybridized carbons (Fsp3) is 0.714. The summed E-state index contributed by atoms with van der Waals surface area (Å²) in [5.74, 6) is 0.737. The van der Waals surface area contributed by atoms with Crippen molar-refractivity contribution in [2.24, 2.45) is 0 Å². The van der Waals surface area contributed by atoms with Crippen LogP contribution in [0.15, 0.2) is 6.07 Å². The van der Waals surface area contributed by atoms with E-state index in [0.717, 1.165) is 36.7 Å². The van der Waals surface area contributed by atoms with E-state index in [9.17, 15) is 5.11 Å². The third kappa shape index (κ3) is 4.44. The maximum Gasteiger partial charge on any atom is 0.149 e. The van der Waals surface area contributed by atoms with Crippen LogP contribution in [0.4, 0.5) is 5.82 Å². The van der Waals surface area contributed by atoms with Crippen molar-refractivity contribution in [3.8, 4) is 0 Å². The zero-order valence-corrected chi connectivity index (χ0v) is 11.9. The minimum absolute atomic E-state index is 0.360. The van der Waals surface area contributed by atoms with Crippen molar-refractivity contribution in [2.45, 2.75) is 39.2 Å². The third-order valence-corrected chi connectivity index (χ3v) is 3.67. The number of rotatable bonds is 5. The number of nitrogens with zero attached hydrogens (tertiary/aromatic N) is 3. The summed E-state index contributed by atoms with van der Waals surface area (Å²) in [5, 5.41) is 21.3. The molecule has 1 aromatic rings. The van der Waals surface area contributed by atoms with Crippen LogP contribution in [0, 0.1) is 13.8 Å². The summed E-state index contributed by atoms with van der Waals surface area (Å²) in [6.45, 7) is 7.44. The topological polar surface area (TPSA) is 61.3 Å². The quantitative estimate of drug-likeness (QED) is 0.840. The molecular weight excluding hydrogens is 240 g/mol. The van der Waals surface area contributed by atoms with Crippen molar-refractivity contribution in [1.29, 1.82) is 0 Å². The Morgan fingerprint density at radius 2 is 2.00 bits per heavy atom. The van der Waals surface area contributed by atoms with Crippen LogP contribution in [-0.2, 0) is 0 Å². The maximum absolute atomic E-state index is 10.0. The van der Waals surface area contributed by atoms with Crippen molar-refractivity contribution in [1.82, 2.24) is 15.1 Å². The Morgan fingerprint density at radius 3 is 2.68 bits per heavy atom. The Labute approximate surface area is 115 Å². The van der Waals surface area contributed by atoms with Gasteiger partial charge in [0, 0.05) is 13.1 Å². The zero-order chi connectivity index (χ0) is 13.7. The lowest BCUT2D eigenvalue weighted by Crippen LogP contribution is -2.39. The number of aliphatic hydroxyl groups excluding tert-OH is 1. The Balaban J connectivity index is 1.75. The van der Waals surface area contributed by atoms with E-state index in [4.69, 9.17) is 0 Å². The van der Waals surface area contributed by atoms with E-state index >= 15 is 0 Å². The molecule has 106 valence electrons. The molecule has 1 aliphatic heterocycles. The van der Waals surface area contributed by atoms with Gasteiger partial charge in [0.2, 0.25) is 0 Å². The molecule has 19 heavy (non-hydrogen) atoms. The second kappa shape index (κ2) is 6.82. The molecule has 1 saturated heterocycles. The SMILES string of the molecule is Cc1cc(NCC(O)CN2CCCCC2)nnc1C. The van der Waals surface area contributed by atoms with Gasteiger partial charge in [-0.05, 0) is 51.4 Å². The number of β-amino-alcohol motifs (C(OH)–C–C–N with tert-alkyl or cyclic N) is 1. The fourth-order valence-corrected chi connectivity index (χ4v) is 2.36. The number of aromatic nitrogens is 2. The van der Waals surface area contributed by atoms with Gasteiger partial charge in [0.05, 0.1) is 11.8 Å². The molecule has 5 heteroatoms. The smallest absolute Gasteiger partial charge is 0.149 e. The highest BCUT2D eigenvalue weighted by molar-refractivity contribution is 5.37. The standard InChI is InChI=1S/C14H24N4O/c1-11-8-14(17-16-12(11)2)15-9-13(19)10-18-6-4-3-5-7-18/h8,13,19H,3-7,9-10H2,1-2H3,(H,15,17). The zero-order valence-electron chi connectivity index (χ0n) is 11.9. The van der Waals surface area contributed by atoms with Crippen LogP contribution in [0.1, 0.15) is 30.5 Å². The summed E-state index contributed by atoms with van der Waals surface area (Å²) in [7, 11) is 0. The van der Waals surface area contributed by atoms with Gasteiger partial charge in [-0.2, -0.15) is 5.10 Å². The average molecular weight is 264 g/mol. The van der Waals surface area contributed by atoms with Crippen molar-refractivity contribution < 1.29 is 5.11 Å². The van der Waals surface area contributed by atoms with Crippen LogP contribution in [-0.4, -0.2) is 52.5 Å². The first-order valence-corrected chi connectivity index (χ1v) is 7.10. The molecule has 0 saturated carbocycles. The van der Waals surface area contributed by atoms with Crippen LogP contribution < -0.4 is 5.32 Å². The van der Waals surface area contributed by atoms with Gasteiger partial charge in [0.1, 0.15) is 5.82 Å². The lowest BCUT2D eigenvalue weighted by molar-refractivity contribution is 0.109. The van der Waals surface area contributed by atoms with E-state index in [1.165, 1.54) is 19.3 Å². The maximum atomic E-state index is 10.0. The lowest BCUT2D eigenvalue weighted by atomic mass is 10.1. The minimum Gasteiger partial charge on any atom is -0.390 e. The molecule has 2 rings (SSSR count). The first-order chi connectivity index (χ1) is 9.15. The average Bonchev–Trinajstić information content (AvgIpc) is 2.41. The molecule has 2 heterocycles. The molecular formula is C14H24N4O. The van der Waals surface area contributed by atoms with E-state index in [1.54, 1.807) is 0 Å². The number of nitrogens with one attached hydrogen (secondary N) is 1. The summed E-state index contributed by atoms with van der Waals surface area (Å²) in [4.78, 5) is 2.34. The van der Waals surface area contributed by atoms with Crippen LogP contribution in [0.2, 0.25) is 0 Å². The normalized spacial score (nSPS) is 18.3. The van der Waals surface area contributed by atoms with Gasteiger partial charge in [-0.15, -0.1) is 5.10 Å². The lowest BCUT2D eigenvalue weighted by Gasteiger charge is -2.28. The van der Waals surface area contributed by atoms with Crippen LogP contribution >= 0.6 is 0 Å². The predicted octanol–water partition coefficient (Wildman–Crippen LogP) is 1.35. The van der Waals surface area contributed by atoms with Gasteiger partial charge in [0.25, 0.3) is 0 Å². The van der Waals surface area contributed by atoms with Crippen LogP contribution in [0.5, 0.6) is 0 Å². The summed E-state index contributed by atoms with van der Waals surface area (Å²) in [6, 6.07) is 1.97. The van der Waals surface area contributed by atoms with Gasteiger partial charge >= 0.3 is 0 Å². The molecule has 2 N–H and O–H groups in total. The van der Waals surface area contributed by atoms with E-state index < -0.39 is 0 Å². The highest BCUT2D eigenvalue weighted by Gasteiger charge is 2.14. The Hall–Kier alpha value is -1.20. The number of piperidine rings is 1. The van der Waals surface area contributed by atoms with Crippen molar-refractivity contribution >= 4 is 5.82 Å². The molecule has 1 aromatic heterocycles. The highest BCUT2D eigenvalue weighted by Crippen LogP contribution is 2.10. The molecule has 1 aliphatic rings. The number of likely N-dealkylation sites (tertiary alicyclic amines) is 1. The van der Waals surface area contributed by atoms with Crippen LogP contribution in [0.3, 0.4) is 0 Å². The van der Waals surface area contributed by atoms with Gasteiger partial charge < -0.3 is 15.3 Å². The van der Waals surface area contributed by atoms with Gasteiger partial charge in [-0.25, -0.2) is 0 Å². The fourth-order valence-electron chi connectivity index (χ4n) is 2.36. The van der Waals surface area contributed by atoms with Crippen molar-refractivity contribution in [2.75, 3.05) is 31.5 Å². The molecule has 0 bridgehead atoms. The van der Waals surface area contributed by atoms with Crippen molar-refractivity contribution in [3.05, 3.63) is 17.3 Å². The van der Waals surface area contributed by atoms with E-state index in [0.29, 0.717) is 6.54 Å². The summed E-state index contributed by atoms with van der Waals surface area (Å²) in [5.41, 5.74) is 2.06. The van der Waals surface area contributed by atoms with Gasteiger partial charge in [-0.1, -0.05) is 6.42 Å². The molecule has 0 spiro atoms. The Kier molecular flexibility index (Phi) is 5.10. The summed E-state index contributed by atoms with van der Waals surface area (Å²) in [6.07, 6.45) is 3.47. The molecule has 0 radical (unpaired) electrons. The molecule has 1 atom stereocenters. The number of anilines is 1. The van der Waals surface area contributed by atoms with Gasteiger partial charge in [0.15, 0.2) is 0 Å². The number of aliphatic hydroxyl groups is 1. The summed E-state index contributed by atoms with van der Waals surface area (Å²) >= 11 is 0. The van der Waals surface area contributed by atoms with Crippen molar-refractivity contribution in [3.63, 3.8) is 0 Å². The second-order valence-electron chi connectivity index (χ2n) is 5.39. The molecule has 1 unspecified atom stereocenters. The van der Waals surface area contributed by atoms with E-state index in [2.05, 4.69) is 20.4 Å². The van der Waals surface area contributed by atoms with E-state index in [-0.39, 0.29) is 6.10 Å². The molecule has 5 nitrogen and oxygen atoms in total. The first kappa shape index (κ1) is 14.2. The number of aryl methyl sites for hydroxylation is 2. The van der Waals surface area contributed by atoms with Gasteiger partial charge in [-0.3, -0.25) is 0 Å². The number of hydrogen-bond donors (Lipinski definition) is 2. The minimum atomic E-state index is -0.360. The number of hydrogen-bond acceptors (Lipinski definition) is 5. The molecule has 0 amide bonds. The summed E-state index contributed by atoms with van der Waals surface area (Å²) < 4.78 is 0. The molecule has 1 fully saturated rings. The third-order valence-electron chi connectivity index (χ3n) is 3.67. The van der Waals surface area contributed by atoms with E-state index in [1.807, 2.05) is 19.9 Å². The molecule has 0 aliphatic carbocycles. The Bertz CT molecular complexity index is 404. The largest absolute Gasteiger partial charge is 0.390 e. The Morgan fingerprint density at radius 1 is 1.26 bits per heavy atom. The molecule has 0 aromatic carbocycles. The monoisotopic (exact) mass is 264 g/mol. The predicted molar refractivity (Wildman–Crippen MR) is 76.3 cm³/mol.